The number of hydrogen-bond acceptors (Lipinski definition) is 3. The van der Waals surface area contributed by atoms with E-state index in [4.69, 9.17) is 22.7 Å². The van der Waals surface area contributed by atoms with E-state index in [1.807, 2.05) is 0 Å². The van der Waals surface area contributed by atoms with E-state index in [0.29, 0.717) is 4.99 Å². The Kier molecular flexibility index (Phi) is 3.64. The van der Waals surface area contributed by atoms with Gasteiger partial charge in [0.05, 0.1) is 18.2 Å². The summed E-state index contributed by atoms with van der Waals surface area (Å²) in [6.07, 6.45) is 0.804. The lowest BCUT2D eigenvalue weighted by Gasteiger charge is -2.42. The molecule has 1 fully saturated rings. The summed E-state index contributed by atoms with van der Waals surface area (Å²) >= 11 is 4.86. The van der Waals surface area contributed by atoms with E-state index in [1.54, 1.807) is 0 Å². The van der Waals surface area contributed by atoms with E-state index in [9.17, 15) is 0 Å². The number of nitrogens with zero attached hydrogens (tertiary/aromatic N) is 1. The molecular formula is C9H18N2OS. The molecule has 13 heavy (non-hydrogen) atoms. The normalized spacial score (nSPS) is 22.9. The van der Waals surface area contributed by atoms with Crippen molar-refractivity contribution in [2.45, 2.75) is 25.8 Å². The molecule has 76 valence electrons. The SMILES string of the molecule is CC1(C)COCCN1CCC(N)=S. The van der Waals surface area contributed by atoms with Gasteiger partial charge in [0.1, 0.15) is 0 Å². The van der Waals surface area contributed by atoms with Crippen molar-refractivity contribution in [3.05, 3.63) is 0 Å². The standard InChI is InChI=1S/C9H18N2OS/c1-9(2)7-12-6-5-11(9)4-3-8(10)13/h3-7H2,1-2H3,(H2,10,13). The minimum absolute atomic E-state index is 0.128. The molecule has 0 radical (unpaired) electrons. The quantitative estimate of drug-likeness (QED) is 0.686. The van der Waals surface area contributed by atoms with Gasteiger partial charge in [-0.25, -0.2) is 0 Å². The highest BCUT2D eigenvalue weighted by Gasteiger charge is 2.29. The Labute approximate surface area is 85.2 Å². The first-order valence-corrected chi connectivity index (χ1v) is 5.04. The molecule has 2 N–H and O–H groups in total. The van der Waals surface area contributed by atoms with Gasteiger partial charge in [0.2, 0.25) is 0 Å². The summed E-state index contributed by atoms with van der Waals surface area (Å²) in [6.45, 7) is 7.92. The van der Waals surface area contributed by atoms with Gasteiger partial charge >= 0.3 is 0 Å². The van der Waals surface area contributed by atoms with E-state index in [1.165, 1.54) is 0 Å². The zero-order chi connectivity index (χ0) is 9.90. The van der Waals surface area contributed by atoms with E-state index in [0.717, 1.165) is 32.7 Å². The Bertz CT molecular complexity index is 194. The zero-order valence-corrected chi connectivity index (χ0v) is 9.19. The number of rotatable bonds is 3. The first-order valence-electron chi connectivity index (χ1n) is 4.63. The highest BCUT2D eigenvalue weighted by atomic mass is 32.1. The Hall–Kier alpha value is -0.190. The predicted octanol–water partition coefficient (Wildman–Crippen LogP) is 0.773. The van der Waals surface area contributed by atoms with Crippen molar-refractivity contribution in [2.24, 2.45) is 5.73 Å². The second-order valence-corrected chi connectivity index (χ2v) is 4.59. The van der Waals surface area contributed by atoms with Gasteiger partial charge in [0.25, 0.3) is 0 Å². The van der Waals surface area contributed by atoms with Gasteiger partial charge in [-0.1, -0.05) is 12.2 Å². The van der Waals surface area contributed by atoms with Crippen molar-refractivity contribution in [3.63, 3.8) is 0 Å². The Morgan fingerprint density at radius 2 is 2.31 bits per heavy atom. The van der Waals surface area contributed by atoms with Gasteiger partial charge in [-0.2, -0.15) is 0 Å². The molecule has 1 aliphatic rings. The van der Waals surface area contributed by atoms with Crippen LogP contribution in [0.4, 0.5) is 0 Å². The molecule has 0 bridgehead atoms. The Balaban J connectivity index is 2.41. The molecule has 1 rings (SSSR count). The molecule has 0 aromatic rings. The summed E-state index contributed by atoms with van der Waals surface area (Å²) < 4.78 is 5.42. The maximum Gasteiger partial charge on any atom is 0.0740 e. The summed E-state index contributed by atoms with van der Waals surface area (Å²) in [4.78, 5) is 2.98. The van der Waals surface area contributed by atoms with Crippen LogP contribution in [0.5, 0.6) is 0 Å². The Morgan fingerprint density at radius 1 is 1.62 bits per heavy atom. The molecule has 0 unspecified atom stereocenters. The molecule has 1 saturated heterocycles. The predicted molar refractivity (Wildman–Crippen MR) is 57.9 cm³/mol. The van der Waals surface area contributed by atoms with E-state index < -0.39 is 0 Å². The number of nitrogens with two attached hydrogens (primary N) is 1. The third-order valence-corrected chi connectivity index (χ3v) is 2.65. The van der Waals surface area contributed by atoms with Gasteiger partial charge < -0.3 is 10.5 Å². The molecule has 0 saturated carbocycles. The van der Waals surface area contributed by atoms with Crippen molar-refractivity contribution in [1.29, 1.82) is 0 Å². The van der Waals surface area contributed by atoms with Crippen LogP contribution in [0.2, 0.25) is 0 Å². The fourth-order valence-corrected chi connectivity index (χ4v) is 1.64. The first-order chi connectivity index (χ1) is 6.02. The number of ether oxygens (including phenoxy) is 1. The maximum atomic E-state index is 5.47. The highest BCUT2D eigenvalue weighted by molar-refractivity contribution is 7.80. The van der Waals surface area contributed by atoms with Crippen molar-refractivity contribution in [1.82, 2.24) is 4.90 Å². The van der Waals surface area contributed by atoms with Crippen LogP contribution in [0.1, 0.15) is 20.3 Å². The smallest absolute Gasteiger partial charge is 0.0740 e. The van der Waals surface area contributed by atoms with Crippen LogP contribution in [0.15, 0.2) is 0 Å². The molecule has 0 atom stereocenters. The zero-order valence-electron chi connectivity index (χ0n) is 8.38. The van der Waals surface area contributed by atoms with Crippen molar-refractivity contribution < 1.29 is 4.74 Å². The van der Waals surface area contributed by atoms with Crippen LogP contribution >= 0.6 is 12.2 Å². The maximum absolute atomic E-state index is 5.47. The van der Waals surface area contributed by atoms with Crippen LogP contribution in [0.25, 0.3) is 0 Å². The van der Waals surface area contributed by atoms with Crippen LogP contribution in [0, 0.1) is 0 Å². The minimum Gasteiger partial charge on any atom is -0.393 e. The largest absolute Gasteiger partial charge is 0.393 e. The van der Waals surface area contributed by atoms with Crippen molar-refractivity contribution in [2.75, 3.05) is 26.3 Å². The molecule has 4 heteroatoms. The van der Waals surface area contributed by atoms with Crippen LogP contribution < -0.4 is 5.73 Å². The summed E-state index contributed by atoms with van der Waals surface area (Å²) in [5.41, 5.74) is 5.60. The van der Waals surface area contributed by atoms with E-state index in [2.05, 4.69) is 18.7 Å². The minimum atomic E-state index is 0.128. The molecule has 1 aliphatic heterocycles. The number of thiocarbonyl (C=S) groups is 1. The van der Waals surface area contributed by atoms with Crippen LogP contribution in [-0.2, 0) is 4.74 Å². The number of morpholine rings is 1. The van der Waals surface area contributed by atoms with Crippen molar-refractivity contribution in [3.8, 4) is 0 Å². The van der Waals surface area contributed by atoms with E-state index in [-0.39, 0.29) is 5.54 Å². The summed E-state index contributed by atoms with van der Waals surface area (Å²) in [5, 5.41) is 0. The molecule has 0 aromatic heterocycles. The van der Waals surface area contributed by atoms with Gasteiger partial charge in [0, 0.05) is 25.0 Å². The van der Waals surface area contributed by atoms with Gasteiger partial charge in [-0.05, 0) is 13.8 Å². The second kappa shape index (κ2) is 4.35. The number of hydrogen-bond donors (Lipinski definition) is 1. The fraction of sp³-hybridized carbons (Fsp3) is 0.889. The molecule has 1 heterocycles. The summed E-state index contributed by atoms with van der Waals surface area (Å²) in [6, 6.07) is 0. The lowest BCUT2D eigenvalue weighted by Crippen LogP contribution is -2.53. The molecule has 0 spiro atoms. The third kappa shape index (κ3) is 3.21. The van der Waals surface area contributed by atoms with Crippen LogP contribution in [-0.4, -0.2) is 41.7 Å². The lowest BCUT2D eigenvalue weighted by molar-refractivity contribution is -0.0494. The topological polar surface area (TPSA) is 38.5 Å². The molecule has 0 amide bonds. The summed E-state index contributed by atoms with van der Waals surface area (Å²) in [5.74, 6) is 0. The average molecular weight is 202 g/mol. The average Bonchev–Trinajstić information content (AvgIpc) is 2.01. The van der Waals surface area contributed by atoms with E-state index >= 15 is 0 Å². The van der Waals surface area contributed by atoms with Crippen molar-refractivity contribution >= 4 is 17.2 Å². The molecule has 0 aliphatic carbocycles. The highest BCUT2D eigenvalue weighted by Crippen LogP contribution is 2.18. The Morgan fingerprint density at radius 3 is 2.85 bits per heavy atom. The third-order valence-electron chi connectivity index (χ3n) is 2.45. The van der Waals surface area contributed by atoms with Crippen LogP contribution in [0.3, 0.4) is 0 Å². The fourth-order valence-electron chi connectivity index (χ4n) is 1.55. The molecule has 3 nitrogen and oxygen atoms in total. The van der Waals surface area contributed by atoms with Gasteiger partial charge in [0.15, 0.2) is 0 Å². The first kappa shape index (κ1) is 10.9. The molecule has 0 aromatic carbocycles. The van der Waals surface area contributed by atoms with Gasteiger partial charge in [-0.15, -0.1) is 0 Å². The molecular weight excluding hydrogens is 184 g/mol. The summed E-state index contributed by atoms with van der Waals surface area (Å²) in [7, 11) is 0. The lowest BCUT2D eigenvalue weighted by atomic mass is 10.0. The van der Waals surface area contributed by atoms with Gasteiger partial charge in [-0.3, -0.25) is 4.90 Å². The second-order valence-electron chi connectivity index (χ2n) is 4.07. The monoisotopic (exact) mass is 202 g/mol.